The third-order valence-corrected chi connectivity index (χ3v) is 1.51. The van der Waals surface area contributed by atoms with Gasteiger partial charge in [-0.15, -0.1) is 12.4 Å². The van der Waals surface area contributed by atoms with Crippen molar-refractivity contribution in [2.45, 2.75) is 6.18 Å². The summed E-state index contributed by atoms with van der Waals surface area (Å²) in [5.74, 6) is 0. The van der Waals surface area contributed by atoms with Crippen molar-refractivity contribution >= 4 is 29.6 Å². The van der Waals surface area contributed by atoms with Gasteiger partial charge in [0.1, 0.15) is 0 Å². The van der Waals surface area contributed by atoms with Gasteiger partial charge in [0.2, 0.25) is 0 Å². The monoisotopic (exact) mass is 204 g/mol. The number of hydrogen-bond donors (Lipinski definition) is 1. The topological polar surface area (TPSA) is 38.9 Å². The van der Waals surface area contributed by atoms with E-state index in [1.807, 2.05) is 0 Å². The number of anilines is 1. The molecule has 2 nitrogen and oxygen atoms in total. The predicted molar refractivity (Wildman–Crippen MR) is 38.8 cm³/mol. The SMILES string of the molecule is Cl.Nc1csnc1C(F)(F)F. The van der Waals surface area contributed by atoms with Crippen LogP contribution in [0, 0.1) is 0 Å². The number of nitrogens with two attached hydrogens (primary N) is 1. The number of nitrogens with zero attached hydrogens (tertiary/aromatic N) is 1. The second-order valence-electron chi connectivity index (χ2n) is 1.62. The molecule has 0 aromatic carbocycles. The Balaban J connectivity index is 0.000001000. The van der Waals surface area contributed by atoms with E-state index in [4.69, 9.17) is 5.73 Å². The minimum Gasteiger partial charge on any atom is -0.396 e. The summed E-state index contributed by atoms with van der Waals surface area (Å²) in [5, 5.41) is 1.16. The van der Waals surface area contributed by atoms with Crippen LogP contribution in [0.25, 0.3) is 0 Å². The summed E-state index contributed by atoms with van der Waals surface area (Å²) in [6.07, 6.45) is -4.41. The molecule has 0 amide bonds. The maximum atomic E-state index is 11.7. The summed E-state index contributed by atoms with van der Waals surface area (Å²) < 4.78 is 38.3. The zero-order valence-electron chi connectivity index (χ0n) is 5.05. The Morgan fingerprint density at radius 1 is 1.45 bits per heavy atom. The number of rotatable bonds is 0. The molecule has 7 heteroatoms. The van der Waals surface area contributed by atoms with Crippen molar-refractivity contribution in [3.63, 3.8) is 0 Å². The van der Waals surface area contributed by atoms with E-state index in [0.29, 0.717) is 11.5 Å². The number of hydrogen-bond acceptors (Lipinski definition) is 3. The standard InChI is InChI=1S/C4H3F3N2S.ClH/c5-4(6,7)3-2(8)1-10-9-3;/h1H,8H2;1H. The summed E-state index contributed by atoms with van der Waals surface area (Å²) >= 11 is 0.698. The van der Waals surface area contributed by atoms with Crippen molar-refractivity contribution < 1.29 is 13.2 Å². The van der Waals surface area contributed by atoms with Crippen molar-refractivity contribution in [1.29, 1.82) is 0 Å². The zero-order chi connectivity index (χ0) is 7.78. The highest BCUT2D eigenvalue weighted by Gasteiger charge is 2.35. The molecule has 0 radical (unpaired) electrons. The van der Waals surface area contributed by atoms with Gasteiger partial charge in [0.15, 0.2) is 5.69 Å². The number of aromatic nitrogens is 1. The van der Waals surface area contributed by atoms with Gasteiger partial charge in [-0.3, -0.25) is 0 Å². The fourth-order valence-electron chi connectivity index (χ4n) is 0.460. The third-order valence-electron chi connectivity index (χ3n) is 0.866. The minimum absolute atomic E-state index is 0. The molecule has 0 spiro atoms. The largest absolute Gasteiger partial charge is 0.436 e. The van der Waals surface area contributed by atoms with E-state index in [0.717, 1.165) is 5.38 Å². The lowest BCUT2D eigenvalue weighted by Gasteiger charge is -2.01. The molecule has 0 aliphatic heterocycles. The molecule has 1 rings (SSSR count). The molecule has 0 aliphatic carbocycles. The van der Waals surface area contributed by atoms with Gasteiger partial charge in [0, 0.05) is 5.38 Å². The molecule has 0 atom stereocenters. The number of alkyl halides is 3. The molecule has 1 aromatic heterocycles. The van der Waals surface area contributed by atoms with E-state index < -0.39 is 11.9 Å². The Hall–Kier alpha value is -0.490. The van der Waals surface area contributed by atoms with Gasteiger partial charge < -0.3 is 5.73 Å². The average Bonchev–Trinajstić information content (AvgIpc) is 2.11. The Morgan fingerprint density at radius 3 is 2.18 bits per heavy atom. The minimum atomic E-state index is -4.41. The fourth-order valence-corrected chi connectivity index (χ4v) is 1.05. The molecule has 64 valence electrons. The Labute approximate surface area is 70.8 Å². The second-order valence-corrected chi connectivity index (χ2v) is 2.25. The van der Waals surface area contributed by atoms with E-state index in [1.54, 1.807) is 0 Å². The van der Waals surface area contributed by atoms with E-state index in [2.05, 4.69) is 4.37 Å². The molecule has 0 saturated carbocycles. The van der Waals surface area contributed by atoms with Gasteiger partial charge >= 0.3 is 6.18 Å². The molecular weight excluding hydrogens is 201 g/mol. The average molecular weight is 205 g/mol. The maximum Gasteiger partial charge on any atom is 0.436 e. The van der Waals surface area contributed by atoms with E-state index >= 15 is 0 Å². The van der Waals surface area contributed by atoms with Crippen molar-refractivity contribution in [3.05, 3.63) is 11.1 Å². The molecule has 0 fully saturated rings. The molecule has 0 bridgehead atoms. The summed E-state index contributed by atoms with van der Waals surface area (Å²) in [7, 11) is 0. The summed E-state index contributed by atoms with van der Waals surface area (Å²) in [6, 6.07) is 0. The fraction of sp³-hybridized carbons (Fsp3) is 0.250. The summed E-state index contributed by atoms with van der Waals surface area (Å²) in [6.45, 7) is 0. The highest BCUT2D eigenvalue weighted by molar-refractivity contribution is 7.04. The molecule has 1 heterocycles. The predicted octanol–water partition coefficient (Wildman–Crippen LogP) is 2.17. The normalized spacial score (nSPS) is 10.8. The zero-order valence-corrected chi connectivity index (χ0v) is 6.69. The van der Waals surface area contributed by atoms with Crippen LogP contribution in [0.5, 0.6) is 0 Å². The first-order valence-electron chi connectivity index (χ1n) is 2.29. The maximum absolute atomic E-state index is 11.7. The third kappa shape index (κ3) is 2.23. The quantitative estimate of drug-likeness (QED) is 0.704. The van der Waals surface area contributed by atoms with Crippen LogP contribution in [0.2, 0.25) is 0 Å². The van der Waals surface area contributed by atoms with Crippen molar-refractivity contribution in [3.8, 4) is 0 Å². The van der Waals surface area contributed by atoms with Gasteiger partial charge in [0.25, 0.3) is 0 Å². The first-order chi connectivity index (χ1) is 4.52. The molecule has 11 heavy (non-hydrogen) atoms. The van der Waals surface area contributed by atoms with Gasteiger partial charge in [-0.05, 0) is 11.5 Å². The first-order valence-corrected chi connectivity index (χ1v) is 3.12. The molecule has 0 aliphatic rings. The van der Waals surface area contributed by atoms with Gasteiger partial charge in [-0.1, -0.05) is 0 Å². The number of halogens is 4. The lowest BCUT2D eigenvalue weighted by Crippen LogP contribution is -2.07. The highest BCUT2D eigenvalue weighted by Crippen LogP contribution is 2.32. The van der Waals surface area contributed by atoms with Crippen LogP contribution < -0.4 is 5.73 Å². The lowest BCUT2D eigenvalue weighted by molar-refractivity contribution is -0.139. The Bertz CT molecular complexity index is 233. The molecule has 0 saturated heterocycles. The van der Waals surface area contributed by atoms with Gasteiger partial charge in [-0.25, -0.2) is 0 Å². The van der Waals surface area contributed by atoms with E-state index in [1.165, 1.54) is 0 Å². The van der Waals surface area contributed by atoms with Crippen LogP contribution in [0.4, 0.5) is 18.9 Å². The molecule has 1 aromatic rings. The lowest BCUT2D eigenvalue weighted by atomic mass is 10.4. The second kappa shape index (κ2) is 3.27. The van der Waals surface area contributed by atoms with Crippen molar-refractivity contribution in [2.24, 2.45) is 0 Å². The molecule has 2 N–H and O–H groups in total. The summed E-state index contributed by atoms with van der Waals surface area (Å²) in [5.41, 5.74) is 3.66. The highest BCUT2D eigenvalue weighted by atomic mass is 35.5. The Morgan fingerprint density at radius 2 is 2.00 bits per heavy atom. The van der Waals surface area contributed by atoms with Crippen LogP contribution >= 0.6 is 23.9 Å². The van der Waals surface area contributed by atoms with Crippen LogP contribution in [-0.4, -0.2) is 4.37 Å². The van der Waals surface area contributed by atoms with Crippen molar-refractivity contribution in [2.75, 3.05) is 5.73 Å². The van der Waals surface area contributed by atoms with E-state index in [9.17, 15) is 13.2 Å². The van der Waals surface area contributed by atoms with Crippen LogP contribution in [0.3, 0.4) is 0 Å². The van der Waals surface area contributed by atoms with Crippen LogP contribution in [-0.2, 0) is 6.18 Å². The number of nitrogen functional groups attached to an aromatic ring is 1. The van der Waals surface area contributed by atoms with E-state index in [-0.39, 0.29) is 18.1 Å². The van der Waals surface area contributed by atoms with Crippen LogP contribution in [0.1, 0.15) is 5.69 Å². The molecule has 0 unspecified atom stereocenters. The van der Waals surface area contributed by atoms with Crippen LogP contribution in [0.15, 0.2) is 5.38 Å². The van der Waals surface area contributed by atoms with Gasteiger partial charge in [0.05, 0.1) is 5.69 Å². The molecular formula is C4H4ClF3N2S. The smallest absolute Gasteiger partial charge is 0.396 e. The van der Waals surface area contributed by atoms with Gasteiger partial charge in [-0.2, -0.15) is 17.5 Å². The first kappa shape index (κ1) is 10.5. The Kier molecular flexibility index (Phi) is 3.13. The van der Waals surface area contributed by atoms with Crippen molar-refractivity contribution in [1.82, 2.24) is 4.37 Å². The summed E-state index contributed by atoms with van der Waals surface area (Å²) in [4.78, 5) is 0.